The summed E-state index contributed by atoms with van der Waals surface area (Å²) in [6.45, 7) is 11.0. The van der Waals surface area contributed by atoms with Crippen LogP contribution in [0.3, 0.4) is 0 Å². The van der Waals surface area contributed by atoms with Crippen LogP contribution in [-0.2, 0) is 9.53 Å². The number of ether oxygens (including phenoxy) is 1. The molecule has 3 heteroatoms. The second-order valence-corrected chi connectivity index (χ2v) is 2.14. The smallest absolute Gasteiger partial charge is 0.245 e. The van der Waals surface area contributed by atoms with Crippen molar-refractivity contribution in [2.24, 2.45) is 0 Å². The first kappa shape index (κ1) is 19.1. The van der Waals surface area contributed by atoms with Crippen molar-refractivity contribution in [1.82, 2.24) is 5.32 Å². The van der Waals surface area contributed by atoms with E-state index in [4.69, 9.17) is 0 Å². The Balaban J connectivity index is -0.000000266. The van der Waals surface area contributed by atoms with E-state index in [1.54, 1.807) is 0 Å². The summed E-state index contributed by atoms with van der Waals surface area (Å²) in [5, 5.41) is 2.72. The van der Waals surface area contributed by atoms with Crippen LogP contribution in [0.5, 0.6) is 0 Å². The fourth-order valence-electron chi connectivity index (χ4n) is 0.587. The quantitative estimate of drug-likeness (QED) is 0.701. The first-order chi connectivity index (χ1) is 6.81. The third-order valence-electron chi connectivity index (χ3n) is 1.13. The Kier molecular flexibility index (Phi) is 31.1. The Hall–Kier alpha value is -0.570. The number of nitrogens with one attached hydrogen (secondary N) is 1. The summed E-state index contributed by atoms with van der Waals surface area (Å²) >= 11 is 0. The molecule has 3 nitrogen and oxygen atoms in total. The summed E-state index contributed by atoms with van der Waals surface area (Å²) in [5.41, 5.74) is 0. The highest BCUT2D eigenvalue weighted by Gasteiger charge is 1.95. The maximum absolute atomic E-state index is 10.7. The highest BCUT2D eigenvalue weighted by Crippen LogP contribution is 1.81. The zero-order chi connectivity index (χ0) is 11.8. The SMILES string of the molecule is CC.CC.CCCCNC(=O)COC. The molecule has 1 amide bonds. The standard InChI is InChI=1S/C7H15NO2.2C2H6/c1-3-4-5-8-7(9)6-10-2;2*1-2/h3-6H2,1-2H3,(H,8,9);2*1-2H3. The lowest BCUT2D eigenvalue weighted by Gasteiger charge is -2.01. The van der Waals surface area contributed by atoms with Crippen LogP contribution in [0.2, 0.25) is 0 Å². The Morgan fingerprint density at radius 1 is 1.21 bits per heavy atom. The molecule has 0 bridgehead atoms. The number of unbranched alkanes of at least 4 members (excludes halogenated alkanes) is 1. The third-order valence-corrected chi connectivity index (χ3v) is 1.13. The Morgan fingerprint density at radius 3 is 2.07 bits per heavy atom. The summed E-state index contributed by atoms with van der Waals surface area (Å²) in [7, 11) is 1.51. The summed E-state index contributed by atoms with van der Waals surface area (Å²) in [6.07, 6.45) is 2.14. The third kappa shape index (κ3) is 22.5. The van der Waals surface area contributed by atoms with Gasteiger partial charge in [-0.1, -0.05) is 41.0 Å². The number of carbonyl (C=O) groups is 1. The zero-order valence-electron chi connectivity index (χ0n) is 10.6. The molecule has 0 saturated carbocycles. The van der Waals surface area contributed by atoms with Crippen LogP contribution in [0, 0.1) is 0 Å². The second-order valence-electron chi connectivity index (χ2n) is 2.14. The van der Waals surface area contributed by atoms with Gasteiger partial charge in [0.05, 0.1) is 0 Å². The molecular weight excluding hydrogens is 178 g/mol. The van der Waals surface area contributed by atoms with E-state index in [0.717, 1.165) is 19.4 Å². The van der Waals surface area contributed by atoms with Crippen molar-refractivity contribution in [3.63, 3.8) is 0 Å². The van der Waals surface area contributed by atoms with Crippen molar-refractivity contribution < 1.29 is 9.53 Å². The molecule has 88 valence electrons. The van der Waals surface area contributed by atoms with Crippen molar-refractivity contribution in [1.29, 1.82) is 0 Å². The van der Waals surface area contributed by atoms with Crippen molar-refractivity contribution in [3.8, 4) is 0 Å². The summed E-state index contributed by atoms with van der Waals surface area (Å²) in [6, 6.07) is 0. The van der Waals surface area contributed by atoms with E-state index in [0.29, 0.717) is 0 Å². The van der Waals surface area contributed by atoms with Crippen LogP contribution < -0.4 is 5.32 Å². The van der Waals surface area contributed by atoms with Crippen LogP contribution >= 0.6 is 0 Å². The first-order valence-electron chi connectivity index (χ1n) is 5.57. The molecule has 0 aromatic carbocycles. The monoisotopic (exact) mass is 205 g/mol. The highest BCUT2D eigenvalue weighted by atomic mass is 16.5. The van der Waals surface area contributed by atoms with E-state index in [9.17, 15) is 4.79 Å². The predicted molar refractivity (Wildman–Crippen MR) is 62.5 cm³/mol. The van der Waals surface area contributed by atoms with Gasteiger partial charge in [-0.2, -0.15) is 0 Å². The maximum atomic E-state index is 10.7. The fraction of sp³-hybridized carbons (Fsp3) is 0.909. The van der Waals surface area contributed by atoms with Gasteiger partial charge in [-0.15, -0.1) is 0 Å². The van der Waals surface area contributed by atoms with Crippen molar-refractivity contribution >= 4 is 5.91 Å². The van der Waals surface area contributed by atoms with Gasteiger partial charge < -0.3 is 10.1 Å². The van der Waals surface area contributed by atoms with E-state index in [2.05, 4.69) is 17.0 Å². The Labute approximate surface area is 89.2 Å². The molecule has 0 spiro atoms. The Morgan fingerprint density at radius 2 is 1.71 bits per heavy atom. The van der Waals surface area contributed by atoms with Crippen LogP contribution in [0.1, 0.15) is 47.5 Å². The van der Waals surface area contributed by atoms with E-state index in [-0.39, 0.29) is 12.5 Å². The molecule has 0 radical (unpaired) electrons. The van der Waals surface area contributed by atoms with E-state index in [1.807, 2.05) is 27.7 Å². The van der Waals surface area contributed by atoms with Gasteiger partial charge in [0, 0.05) is 13.7 Å². The molecular formula is C11H27NO2. The molecule has 0 heterocycles. The highest BCUT2D eigenvalue weighted by molar-refractivity contribution is 5.77. The van der Waals surface area contributed by atoms with Gasteiger partial charge in [0.15, 0.2) is 0 Å². The van der Waals surface area contributed by atoms with E-state index >= 15 is 0 Å². The van der Waals surface area contributed by atoms with Gasteiger partial charge in [-0.05, 0) is 6.42 Å². The second kappa shape index (κ2) is 22.9. The molecule has 0 aliphatic heterocycles. The minimum atomic E-state index is -0.0315. The lowest BCUT2D eigenvalue weighted by atomic mass is 10.3. The molecule has 0 atom stereocenters. The summed E-state index contributed by atoms with van der Waals surface area (Å²) in [4.78, 5) is 10.7. The van der Waals surface area contributed by atoms with Crippen LogP contribution in [0.4, 0.5) is 0 Å². The molecule has 1 N–H and O–H groups in total. The largest absolute Gasteiger partial charge is 0.375 e. The Bertz CT molecular complexity index is 95.3. The summed E-state index contributed by atoms with van der Waals surface area (Å²) in [5.74, 6) is -0.0315. The number of rotatable bonds is 5. The average Bonchev–Trinajstić information content (AvgIpc) is 2.25. The zero-order valence-corrected chi connectivity index (χ0v) is 10.6. The molecule has 0 unspecified atom stereocenters. The lowest BCUT2D eigenvalue weighted by molar-refractivity contribution is -0.124. The molecule has 0 rings (SSSR count). The van der Waals surface area contributed by atoms with Gasteiger partial charge in [-0.3, -0.25) is 4.79 Å². The number of methoxy groups -OCH3 is 1. The van der Waals surface area contributed by atoms with Gasteiger partial charge in [0.2, 0.25) is 5.91 Å². The fourth-order valence-corrected chi connectivity index (χ4v) is 0.587. The molecule has 0 fully saturated rings. The molecule has 0 saturated heterocycles. The topological polar surface area (TPSA) is 38.3 Å². The van der Waals surface area contributed by atoms with Gasteiger partial charge >= 0.3 is 0 Å². The van der Waals surface area contributed by atoms with Gasteiger partial charge in [-0.25, -0.2) is 0 Å². The normalized spacial score (nSPS) is 7.57. The van der Waals surface area contributed by atoms with Crippen molar-refractivity contribution in [2.75, 3.05) is 20.3 Å². The van der Waals surface area contributed by atoms with Crippen LogP contribution in [0.25, 0.3) is 0 Å². The number of hydrogen-bond acceptors (Lipinski definition) is 2. The van der Waals surface area contributed by atoms with Crippen molar-refractivity contribution in [2.45, 2.75) is 47.5 Å². The molecule has 0 aliphatic rings. The lowest BCUT2D eigenvalue weighted by Crippen LogP contribution is -2.27. The minimum Gasteiger partial charge on any atom is -0.375 e. The van der Waals surface area contributed by atoms with E-state index in [1.165, 1.54) is 7.11 Å². The average molecular weight is 205 g/mol. The number of carbonyl (C=O) groups excluding carboxylic acids is 1. The van der Waals surface area contributed by atoms with Crippen LogP contribution in [0.15, 0.2) is 0 Å². The van der Waals surface area contributed by atoms with Crippen LogP contribution in [-0.4, -0.2) is 26.2 Å². The van der Waals surface area contributed by atoms with Gasteiger partial charge in [0.1, 0.15) is 6.61 Å². The maximum Gasteiger partial charge on any atom is 0.245 e. The summed E-state index contributed by atoms with van der Waals surface area (Å²) < 4.78 is 4.62. The van der Waals surface area contributed by atoms with Crippen molar-refractivity contribution in [3.05, 3.63) is 0 Å². The predicted octanol–water partition coefficient (Wildman–Crippen LogP) is 2.60. The molecule has 0 aromatic rings. The molecule has 14 heavy (non-hydrogen) atoms. The van der Waals surface area contributed by atoms with E-state index < -0.39 is 0 Å². The molecule has 0 aromatic heterocycles. The molecule has 0 aliphatic carbocycles. The van der Waals surface area contributed by atoms with Gasteiger partial charge in [0.25, 0.3) is 0 Å². The number of amides is 1. The number of hydrogen-bond donors (Lipinski definition) is 1. The first-order valence-corrected chi connectivity index (χ1v) is 5.57. The minimum absolute atomic E-state index is 0.0315.